The van der Waals surface area contributed by atoms with Gasteiger partial charge in [0.15, 0.2) is 5.16 Å². The summed E-state index contributed by atoms with van der Waals surface area (Å²) in [5.74, 6) is 1.08. The van der Waals surface area contributed by atoms with E-state index in [4.69, 9.17) is 4.74 Å². The summed E-state index contributed by atoms with van der Waals surface area (Å²) in [7, 11) is 1.63. The third-order valence-electron chi connectivity index (χ3n) is 4.33. The number of rotatable bonds is 8. The van der Waals surface area contributed by atoms with Crippen molar-refractivity contribution in [1.29, 1.82) is 0 Å². The number of nitrogens with zero attached hydrogens (tertiary/aromatic N) is 4. The lowest BCUT2D eigenvalue weighted by molar-refractivity contribution is -0.130. The predicted molar refractivity (Wildman–Crippen MR) is 111 cm³/mol. The zero-order valence-electron chi connectivity index (χ0n) is 16.3. The molecular formula is C21H24N4O2S. The fraction of sp³-hybridized carbons (Fsp3) is 0.286. The number of benzene rings is 2. The monoisotopic (exact) mass is 396 g/mol. The Hall–Kier alpha value is -2.80. The van der Waals surface area contributed by atoms with E-state index in [0.717, 1.165) is 17.0 Å². The van der Waals surface area contributed by atoms with Crippen LogP contribution in [0.1, 0.15) is 19.4 Å². The normalized spacial score (nSPS) is 10.9. The first-order valence-corrected chi connectivity index (χ1v) is 10.1. The zero-order chi connectivity index (χ0) is 19.9. The van der Waals surface area contributed by atoms with Gasteiger partial charge in [-0.3, -0.25) is 9.36 Å². The van der Waals surface area contributed by atoms with Crippen molar-refractivity contribution < 1.29 is 9.53 Å². The summed E-state index contributed by atoms with van der Waals surface area (Å²) in [4.78, 5) is 14.8. The highest BCUT2D eigenvalue weighted by molar-refractivity contribution is 7.99. The van der Waals surface area contributed by atoms with Gasteiger partial charge in [-0.25, -0.2) is 0 Å². The summed E-state index contributed by atoms with van der Waals surface area (Å²) >= 11 is 1.37. The van der Waals surface area contributed by atoms with Crippen molar-refractivity contribution in [1.82, 2.24) is 19.7 Å². The van der Waals surface area contributed by atoms with E-state index < -0.39 is 0 Å². The first-order valence-electron chi connectivity index (χ1n) is 9.09. The molecule has 0 N–H and O–H groups in total. The van der Waals surface area contributed by atoms with Gasteiger partial charge in [0.1, 0.15) is 12.1 Å². The van der Waals surface area contributed by atoms with Crippen molar-refractivity contribution in [2.45, 2.75) is 31.6 Å². The number of thioether (sulfide) groups is 1. The number of carbonyl (C=O) groups excluding carboxylic acids is 1. The number of ether oxygens (including phenoxy) is 1. The van der Waals surface area contributed by atoms with Crippen LogP contribution in [0.5, 0.6) is 5.75 Å². The second-order valence-corrected chi connectivity index (χ2v) is 7.49. The molecule has 0 aliphatic heterocycles. The number of methoxy groups -OCH3 is 1. The molecule has 0 atom stereocenters. The molecule has 0 saturated heterocycles. The minimum Gasteiger partial charge on any atom is -0.495 e. The minimum absolute atomic E-state index is 0.0680. The third kappa shape index (κ3) is 4.72. The van der Waals surface area contributed by atoms with Gasteiger partial charge >= 0.3 is 0 Å². The van der Waals surface area contributed by atoms with Crippen molar-refractivity contribution in [3.05, 3.63) is 66.5 Å². The molecule has 28 heavy (non-hydrogen) atoms. The molecule has 0 fully saturated rings. The van der Waals surface area contributed by atoms with Gasteiger partial charge in [0.05, 0.1) is 18.6 Å². The Bertz CT molecular complexity index is 912. The maximum Gasteiger partial charge on any atom is 0.233 e. The van der Waals surface area contributed by atoms with Gasteiger partial charge in [0, 0.05) is 12.6 Å². The Labute approximate surface area is 169 Å². The molecule has 0 unspecified atom stereocenters. The highest BCUT2D eigenvalue weighted by Gasteiger charge is 2.19. The van der Waals surface area contributed by atoms with Crippen molar-refractivity contribution in [3.63, 3.8) is 0 Å². The number of hydrogen-bond acceptors (Lipinski definition) is 5. The molecule has 0 bridgehead atoms. The van der Waals surface area contributed by atoms with E-state index in [2.05, 4.69) is 10.2 Å². The molecular weight excluding hydrogens is 372 g/mol. The Balaban J connectivity index is 1.71. The Morgan fingerprint density at radius 3 is 2.57 bits per heavy atom. The van der Waals surface area contributed by atoms with Crippen LogP contribution in [0.3, 0.4) is 0 Å². The van der Waals surface area contributed by atoms with Crippen LogP contribution in [0.2, 0.25) is 0 Å². The lowest BCUT2D eigenvalue weighted by Gasteiger charge is -2.26. The predicted octanol–water partition coefficient (Wildman–Crippen LogP) is 3.81. The Kier molecular flexibility index (Phi) is 6.71. The molecule has 0 saturated carbocycles. The number of amides is 1. The third-order valence-corrected chi connectivity index (χ3v) is 5.25. The van der Waals surface area contributed by atoms with Crippen LogP contribution in [-0.4, -0.2) is 44.5 Å². The van der Waals surface area contributed by atoms with E-state index in [-0.39, 0.29) is 11.9 Å². The highest BCUT2D eigenvalue weighted by atomic mass is 32.2. The molecule has 1 heterocycles. The Morgan fingerprint density at radius 2 is 1.86 bits per heavy atom. The van der Waals surface area contributed by atoms with Gasteiger partial charge in [-0.1, -0.05) is 54.2 Å². The minimum atomic E-state index is 0.0680. The fourth-order valence-electron chi connectivity index (χ4n) is 2.86. The molecule has 7 heteroatoms. The number of para-hydroxylation sites is 2. The number of hydrogen-bond donors (Lipinski definition) is 0. The van der Waals surface area contributed by atoms with E-state index in [1.165, 1.54) is 11.8 Å². The van der Waals surface area contributed by atoms with E-state index in [9.17, 15) is 4.79 Å². The maximum atomic E-state index is 12.9. The largest absolute Gasteiger partial charge is 0.495 e. The summed E-state index contributed by atoms with van der Waals surface area (Å²) in [6.45, 7) is 4.66. The van der Waals surface area contributed by atoms with Gasteiger partial charge < -0.3 is 9.64 Å². The maximum absolute atomic E-state index is 12.9. The second kappa shape index (κ2) is 9.41. The van der Waals surface area contributed by atoms with Gasteiger partial charge in [-0.2, -0.15) is 0 Å². The van der Waals surface area contributed by atoms with Crippen LogP contribution in [-0.2, 0) is 11.3 Å². The molecule has 0 aliphatic carbocycles. The molecule has 0 radical (unpaired) electrons. The summed E-state index contributed by atoms with van der Waals surface area (Å²) < 4.78 is 7.27. The second-order valence-electron chi connectivity index (χ2n) is 6.55. The van der Waals surface area contributed by atoms with Crippen LogP contribution < -0.4 is 4.74 Å². The summed E-state index contributed by atoms with van der Waals surface area (Å²) in [6.07, 6.45) is 1.63. The molecule has 3 rings (SSSR count). The van der Waals surface area contributed by atoms with Gasteiger partial charge in [-0.15, -0.1) is 10.2 Å². The first kappa shape index (κ1) is 19.9. The fourth-order valence-corrected chi connectivity index (χ4v) is 3.67. The zero-order valence-corrected chi connectivity index (χ0v) is 17.1. The van der Waals surface area contributed by atoms with E-state index in [1.54, 1.807) is 13.4 Å². The van der Waals surface area contributed by atoms with Crippen LogP contribution in [0, 0.1) is 0 Å². The van der Waals surface area contributed by atoms with Gasteiger partial charge in [0.2, 0.25) is 5.91 Å². The van der Waals surface area contributed by atoms with Crippen molar-refractivity contribution in [2.75, 3.05) is 12.9 Å². The molecule has 1 amide bonds. The van der Waals surface area contributed by atoms with Crippen molar-refractivity contribution in [3.8, 4) is 11.4 Å². The van der Waals surface area contributed by atoms with Crippen LogP contribution in [0.15, 0.2) is 66.1 Å². The van der Waals surface area contributed by atoms with Gasteiger partial charge in [-0.05, 0) is 31.5 Å². The smallest absolute Gasteiger partial charge is 0.233 e. The molecule has 2 aromatic carbocycles. The summed E-state index contributed by atoms with van der Waals surface area (Å²) in [5.41, 5.74) is 1.96. The highest BCUT2D eigenvalue weighted by Crippen LogP contribution is 2.27. The Morgan fingerprint density at radius 1 is 1.14 bits per heavy atom. The number of carbonyl (C=O) groups is 1. The molecule has 3 aromatic rings. The quantitative estimate of drug-likeness (QED) is 0.542. The summed E-state index contributed by atoms with van der Waals surface area (Å²) in [5, 5.41) is 8.84. The van der Waals surface area contributed by atoms with Crippen molar-refractivity contribution in [2.24, 2.45) is 0 Å². The van der Waals surface area contributed by atoms with Crippen LogP contribution >= 0.6 is 11.8 Å². The lowest BCUT2D eigenvalue weighted by Crippen LogP contribution is -2.37. The standard InChI is InChI=1S/C21H24N4O2S/c1-16(2)24(13-17-9-5-4-6-10-17)20(26)14-28-21-23-22-15-25(21)18-11-7-8-12-19(18)27-3/h4-12,15-16H,13-14H2,1-3H3. The molecule has 146 valence electrons. The average Bonchev–Trinajstić information content (AvgIpc) is 3.19. The molecule has 6 nitrogen and oxygen atoms in total. The topological polar surface area (TPSA) is 60.2 Å². The van der Waals surface area contributed by atoms with E-state index in [1.807, 2.05) is 77.9 Å². The molecule has 1 aromatic heterocycles. The SMILES string of the molecule is COc1ccccc1-n1cnnc1SCC(=O)N(Cc1ccccc1)C(C)C. The lowest BCUT2D eigenvalue weighted by atomic mass is 10.2. The summed E-state index contributed by atoms with van der Waals surface area (Å²) in [6, 6.07) is 17.8. The van der Waals surface area contributed by atoms with Crippen LogP contribution in [0.25, 0.3) is 5.69 Å². The molecule has 0 aliphatic rings. The van der Waals surface area contributed by atoms with Gasteiger partial charge in [0.25, 0.3) is 0 Å². The van der Waals surface area contributed by atoms with Crippen LogP contribution in [0.4, 0.5) is 0 Å². The first-order chi connectivity index (χ1) is 13.6. The molecule has 0 spiro atoms. The number of aromatic nitrogens is 3. The van der Waals surface area contributed by atoms with E-state index in [0.29, 0.717) is 17.5 Å². The van der Waals surface area contributed by atoms with E-state index >= 15 is 0 Å². The van der Waals surface area contributed by atoms with Crippen molar-refractivity contribution >= 4 is 17.7 Å². The average molecular weight is 397 g/mol.